The summed E-state index contributed by atoms with van der Waals surface area (Å²) in [5.74, 6) is 0. The SMILES string of the molecule is C=C1CC(O)C(C)=C1CC(F)(F)F. The molecule has 0 amide bonds. The van der Waals surface area contributed by atoms with Crippen LogP contribution in [0.3, 0.4) is 0 Å². The molecule has 1 nitrogen and oxygen atoms in total. The van der Waals surface area contributed by atoms with Crippen LogP contribution in [0.2, 0.25) is 0 Å². The second kappa shape index (κ2) is 3.18. The van der Waals surface area contributed by atoms with Crippen molar-refractivity contribution in [2.45, 2.75) is 32.0 Å². The number of allylic oxidation sites excluding steroid dienone is 1. The molecule has 13 heavy (non-hydrogen) atoms. The molecule has 4 heteroatoms. The summed E-state index contributed by atoms with van der Waals surface area (Å²) in [6.45, 7) is 5.02. The summed E-state index contributed by atoms with van der Waals surface area (Å²) >= 11 is 0. The lowest BCUT2D eigenvalue weighted by molar-refractivity contribution is -0.126. The van der Waals surface area contributed by atoms with Crippen molar-refractivity contribution in [1.82, 2.24) is 0 Å². The summed E-state index contributed by atoms with van der Waals surface area (Å²) in [5.41, 5.74) is 0.977. The van der Waals surface area contributed by atoms with Crippen LogP contribution < -0.4 is 0 Å². The molecule has 74 valence electrons. The lowest BCUT2D eigenvalue weighted by Crippen LogP contribution is -2.09. The first-order valence-corrected chi connectivity index (χ1v) is 3.94. The molecule has 0 aromatic rings. The van der Waals surface area contributed by atoms with Gasteiger partial charge < -0.3 is 5.11 Å². The molecule has 0 fully saturated rings. The van der Waals surface area contributed by atoms with E-state index in [1.165, 1.54) is 6.92 Å². The fraction of sp³-hybridized carbons (Fsp3) is 0.556. The van der Waals surface area contributed by atoms with E-state index in [0.717, 1.165) is 0 Å². The Kier molecular flexibility index (Phi) is 2.52. The van der Waals surface area contributed by atoms with E-state index >= 15 is 0 Å². The van der Waals surface area contributed by atoms with Crippen LogP contribution in [0.25, 0.3) is 0 Å². The van der Waals surface area contributed by atoms with Gasteiger partial charge in [-0.1, -0.05) is 6.58 Å². The predicted octanol–water partition coefficient (Wildman–Crippen LogP) is 2.58. The van der Waals surface area contributed by atoms with Crippen LogP contribution in [0.15, 0.2) is 23.3 Å². The summed E-state index contributed by atoms with van der Waals surface area (Å²) in [5, 5.41) is 9.25. The van der Waals surface area contributed by atoms with Crippen molar-refractivity contribution < 1.29 is 18.3 Å². The van der Waals surface area contributed by atoms with Crippen molar-refractivity contribution in [2.24, 2.45) is 0 Å². The number of hydrogen-bond acceptors (Lipinski definition) is 1. The van der Waals surface area contributed by atoms with Gasteiger partial charge in [0.15, 0.2) is 0 Å². The first kappa shape index (κ1) is 10.3. The maximum atomic E-state index is 12.0. The monoisotopic (exact) mass is 192 g/mol. The minimum absolute atomic E-state index is 0.167. The molecule has 0 aromatic heterocycles. The fourth-order valence-corrected chi connectivity index (χ4v) is 1.45. The summed E-state index contributed by atoms with van der Waals surface area (Å²) in [6, 6.07) is 0. The Balaban J connectivity index is 2.84. The molecule has 0 heterocycles. The van der Waals surface area contributed by atoms with Gasteiger partial charge in [0, 0.05) is 6.42 Å². The number of alkyl halides is 3. The lowest BCUT2D eigenvalue weighted by Gasteiger charge is -2.09. The average Bonchev–Trinajstić information content (AvgIpc) is 2.14. The van der Waals surface area contributed by atoms with Gasteiger partial charge in [0.1, 0.15) is 0 Å². The largest absolute Gasteiger partial charge is 0.393 e. The molecule has 1 N–H and O–H groups in total. The smallest absolute Gasteiger partial charge is 0.388 e. The molecule has 0 aliphatic heterocycles. The van der Waals surface area contributed by atoms with Crippen LogP contribution in [0.5, 0.6) is 0 Å². The van der Waals surface area contributed by atoms with E-state index in [2.05, 4.69) is 6.58 Å². The van der Waals surface area contributed by atoms with Gasteiger partial charge in [-0.15, -0.1) is 0 Å². The second-order valence-electron chi connectivity index (χ2n) is 3.28. The summed E-state index contributed by atoms with van der Waals surface area (Å²) in [6.07, 6.45) is -5.74. The number of hydrogen-bond donors (Lipinski definition) is 1. The van der Waals surface area contributed by atoms with E-state index in [9.17, 15) is 18.3 Å². The highest BCUT2D eigenvalue weighted by molar-refractivity contribution is 5.41. The summed E-state index contributed by atoms with van der Waals surface area (Å²) in [7, 11) is 0. The van der Waals surface area contributed by atoms with E-state index in [-0.39, 0.29) is 12.0 Å². The molecule has 0 aromatic carbocycles. The van der Waals surface area contributed by atoms with Gasteiger partial charge in [0.2, 0.25) is 0 Å². The first-order valence-electron chi connectivity index (χ1n) is 3.94. The van der Waals surface area contributed by atoms with Gasteiger partial charge in [-0.3, -0.25) is 0 Å². The van der Waals surface area contributed by atoms with Crippen molar-refractivity contribution in [3.63, 3.8) is 0 Å². The van der Waals surface area contributed by atoms with Crippen molar-refractivity contribution in [3.8, 4) is 0 Å². The molecule has 0 spiro atoms. The molecular weight excluding hydrogens is 181 g/mol. The second-order valence-corrected chi connectivity index (χ2v) is 3.28. The van der Waals surface area contributed by atoms with E-state index in [4.69, 9.17) is 0 Å². The minimum atomic E-state index is -4.22. The Morgan fingerprint density at radius 1 is 1.54 bits per heavy atom. The number of aliphatic hydroxyl groups excluding tert-OH is 1. The van der Waals surface area contributed by atoms with E-state index < -0.39 is 18.7 Å². The van der Waals surface area contributed by atoms with Crippen LogP contribution in [-0.2, 0) is 0 Å². The normalized spacial score (nSPS) is 24.4. The Labute approximate surface area is 74.6 Å². The Bertz CT molecular complexity index is 263. The highest BCUT2D eigenvalue weighted by Crippen LogP contribution is 2.37. The maximum Gasteiger partial charge on any atom is 0.393 e. The number of aliphatic hydroxyl groups is 1. The third-order valence-electron chi connectivity index (χ3n) is 2.22. The van der Waals surface area contributed by atoms with Gasteiger partial charge in [0.05, 0.1) is 12.5 Å². The molecular formula is C9H11F3O. The first-order chi connectivity index (χ1) is 5.81. The zero-order chi connectivity index (χ0) is 10.2. The summed E-state index contributed by atoms with van der Waals surface area (Å²) in [4.78, 5) is 0. The Morgan fingerprint density at radius 2 is 2.08 bits per heavy atom. The van der Waals surface area contributed by atoms with Gasteiger partial charge in [0.25, 0.3) is 0 Å². The standard InChI is InChI=1S/C9H11F3O/c1-5-3-8(13)6(2)7(5)4-9(10,11)12/h8,13H,1,3-4H2,2H3. The zero-order valence-corrected chi connectivity index (χ0v) is 7.28. The zero-order valence-electron chi connectivity index (χ0n) is 7.28. The third-order valence-corrected chi connectivity index (χ3v) is 2.22. The number of halogens is 3. The lowest BCUT2D eigenvalue weighted by atomic mass is 10.1. The highest BCUT2D eigenvalue weighted by atomic mass is 19.4. The quantitative estimate of drug-likeness (QED) is 0.677. The fourth-order valence-electron chi connectivity index (χ4n) is 1.45. The molecule has 0 saturated carbocycles. The molecule has 1 rings (SSSR count). The average molecular weight is 192 g/mol. The van der Waals surface area contributed by atoms with Crippen molar-refractivity contribution >= 4 is 0 Å². The minimum Gasteiger partial charge on any atom is -0.388 e. The number of rotatable bonds is 1. The third kappa shape index (κ3) is 2.34. The van der Waals surface area contributed by atoms with Gasteiger partial charge in [-0.2, -0.15) is 13.2 Å². The van der Waals surface area contributed by atoms with Crippen LogP contribution >= 0.6 is 0 Å². The van der Waals surface area contributed by atoms with Crippen LogP contribution in [0.1, 0.15) is 19.8 Å². The summed E-state index contributed by atoms with van der Waals surface area (Å²) < 4.78 is 36.1. The topological polar surface area (TPSA) is 20.2 Å². The maximum absolute atomic E-state index is 12.0. The van der Waals surface area contributed by atoms with Crippen molar-refractivity contribution in [2.75, 3.05) is 0 Å². The molecule has 1 atom stereocenters. The molecule has 1 unspecified atom stereocenters. The van der Waals surface area contributed by atoms with E-state index in [0.29, 0.717) is 11.1 Å². The van der Waals surface area contributed by atoms with E-state index in [1.807, 2.05) is 0 Å². The van der Waals surface area contributed by atoms with Crippen LogP contribution in [-0.4, -0.2) is 17.4 Å². The van der Waals surface area contributed by atoms with Gasteiger partial charge in [-0.25, -0.2) is 0 Å². The molecule has 0 bridgehead atoms. The van der Waals surface area contributed by atoms with Gasteiger partial charge in [-0.05, 0) is 23.6 Å². The van der Waals surface area contributed by atoms with Crippen molar-refractivity contribution in [1.29, 1.82) is 0 Å². The van der Waals surface area contributed by atoms with Crippen molar-refractivity contribution in [3.05, 3.63) is 23.3 Å². The molecule has 0 radical (unpaired) electrons. The van der Waals surface area contributed by atoms with Crippen LogP contribution in [0.4, 0.5) is 13.2 Å². The Morgan fingerprint density at radius 3 is 2.38 bits per heavy atom. The van der Waals surface area contributed by atoms with Gasteiger partial charge >= 0.3 is 6.18 Å². The molecule has 0 saturated heterocycles. The van der Waals surface area contributed by atoms with Crippen LogP contribution in [0, 0.1) is 0 Å². The molecule has 1 aliphatic carbocycles. The molecule has 1 aliphatic rings. The Hall–Kier alpha value is -0.770. The highest BCUT2D eigenvalue weighted by Gasteiger charge is 2.34. The predicted molar refractivity (Wildman–Crippen MR) is 43.1 cm³/mol. The van der Waals surface area contributed by atoms with E-state index in [1.54, 1.807) is 0 Å².